The molecule has 3 rings (SSSR count). The summed E-state index contributed by atoms with van der Waals surface area (Å²) in [4.78, 5) is 42.4. The van der Waals surface area contributed by atoms with E-state index in [1.54, 1.807) is 62.4 Å². The predicted molar refractivity (Wildman–Crippen MR) is 168 cm³/mol. The molecule has 0 saturated heterocycles. The summed E-state index contributed by atoms with van der Waals surface area (Å²) in [6.45, 7) is 3.22. The van der Waals surface area contributed by atoms with E-state index < -0.39 is 28.1 Å². The van der Waals surface area contributed by atoms with Crippen molar-refractivity contribution in [3.63, 3.8) is 0 Å². The van der Waals surface area contributed by atoms with Crippen molar-refractivity contribution in [3.8, 4) is 5.75 Å². The van der Waals surface area contributed by atoms with Crippen molar-refractivity contribution in [3.05, 3.63) is 59.7 Å². The summed E-state index contributed by atoms with van der Waals surface area (Å²) in [5.74, 6) is -0.947. The second-order valence-corrected chi connectivity index (χ2v) is 12.7. The Bertz CT molecular complexity index is 1530. The zero-order valence-electron chi connectivity index (χ0n) is 26.1. The van der Waals surface area contributed by atoms with E-state index in [9.17, 15) is 23.1 Å². The van der Waals surface area contributed by atoms with Crippen LogP contribution in [0.25, 0.3) is 0 Å². The summed E-state index contributed by atoms with van der Waals surface area (Å²) in [6.07, 6.45) is 0.275. The smallest absolute Gasteiger partial charge is 0.414 e. The Hall–Kier alpha value is -4.50. The largest absolute Gasteiger partial charge is 0.480 e. The van der Waals surface area contributed by atoms with Gasteiger partial charge in [-0.15, -0.1) is 0 Å². The van der Waals surface area contributed by atoms with Gasteiger partial charge in [0.1, 0.15) is 11.8 Å². The Balaban J connectivity index is 1.92. The number of nitrogens with zero attached hydrogens (tertiary/aromatic N) is 7. The minimum atomic E-state index is -4.04. The Kier molecular flexibility index (Phi) is 11.4. The average Bonchev–Trinajstić information content (AvgIpc) is 2.97. The highest BCUT2D eigenvalue weighted by atomic mass is 32.2. The van der Waals surface area contributed by atoms with Gasteiger partial charge >= 0.3 is 12.1 Å². The molecular formula is C29H40N8O6S. The number of carbonyl (C=O) groups excluding carboxylic acids is 1. The molecule has 238 valence electrons. The topological polar surface area (TPSA) is 161 Å². The third kappa shape index (κ3) is 9.25. The number of nitrogens with one attached hydrogen (secondary N) is 1. The van der Waals surface area contributed by atoms with Gasteiger partial charge in [-0.3, -0.25) is 0 Å². The average molecular weight is 629 g/mol. The number of benzene rings is 2. The predicted octanol–water partition coefficient (Wildman–Crippen LogP) is 2.56. The van der Waals surface area contributed by atoms with Crippen molar-refractivity contribution >= 4 is 39.9 Å². The lowest BCUT2D eigenvalue weighted by atomic mass is 10.1. The zero-order valence-corrected chi connectivity index (χ0v) is 26.9. The van der Waals surface area contributed by atoms with Crippen LogP contribution in [0.3, 0.4) is 0 Å². The number of carboxylic acids is 1. The summed E-state index contributed by atoms with van der Waals surface area (Å²) in [7, 11) is 6.13. The first-order chi connectivity index (χ1) is 20.7. The normalized spacial score (nSPS) is 12.0. The summed E-state index contributed by atoms with van der Waals surface area (Å²) in [6, 6.07) is 11.7. The van der Waals surface area contributed by atoms with E-state index in [1.165, 1.54) is 24.1 Å². The van der Waals surface area contributed by atoms with Crippen molar-refractivity contribution in [1.82, 2.24) is 24.8 Å². The van der Waals surface area contributed by atoms with Crippen LogP contribution in [0.2, 0.25) is 0 Å². The molecular weight excluding hydrogens is 588 g/mol. The van der Waals surface area contributed by atoms with Gasteiger partial charge < -0.3 is 29.9 Å². The number of carbonyl (C=O) groups is 2. The van der Waals surface area contributed by atoms with Crippen LogP contribution in [0.15, 0.2) is 53.4 Å². The maximum absolute atomic E-state index is 13.4. The van der Waals surface area contributed by atoms with Gasteiger partial charge in [-0.25, -0.2) is 22.3 Å². The number of rotatable bonds is 14. The fourth-order valence-electron chi connectivity index (χ4n) is 3.91. The number of anilines is 3. The number of sulfonamides is 1. The van der Waals surface area contributed by atoms with Gasteiger partial charge in [0.25, 0.3) is 10.0 Å². The molecule has 0 aliphatic rings. The number of aromatic nitrogens is 3. The first-order valence-corrected chi connectivity index (χ1v) is 15.3. The molecule has 0 radical (unpaired) electrons. The van der Waals surface area contributed by atoms with E-state index in [-0.39, 0.29) is 29.2 Å². The lowest BCUT2D eigenvalue weighted by molar-refractivity contribution is -0.137. The molecule has 2 aromatic carbocycles. The van der Waals surface area contributed by atoms with E-state index in [4.69, 9.17) is 4.74 Å². The number of aliphatic carboxylic acids is 1. The molecule has 15 heteroatoms. The molecule has 1 atom stereocenters. The summed E-state index contributed by atoms with van der Waals surface area (Å²) >= 11 is 0. The Morgan fingerprint density at radius 2 is 1.50 bits per heavy atom. The SMILES string of the molecule is Cc1ccc(S(=O)(=O)N(C)c2nc(N[C@@H](Cc3ccc(OC(=O)N(C)C)cc3)C(=O)O)nc(N(C)CCCN(C)C)n2)cc1. The van der Waals surface area contributed by atoms with Crippen LogP contribution in [0.5, 0.6) is 5.75 Å². The lowest BCUT2D eigenvalue weighted by Gasteiger charge is -2.23. The van der Waals surface area contributed by atoms with Gasteiger partial charge in [0, 0.05) is 41.2 Å². The highest BCUT2D eigenvalue weighted by Crippen LogP contribution is 2.23. The van der Waals surface area contributed by atoms with Crippen LogP contribution < -0.4 is 19.3 Å². The first-order valence-electron chi connectivity index (χ1n) is 13.8. The molecule has 1 heterocycles. The van der Waals surface area contributed by atoms with Crippen molar-refractivity contribution in [2.75, 3.05) is 69.9 Å². The number of hydrogen-bond donors (Lipinski definition) is 2. The molecule has 0 fully saturated rings. The van der Waals surface area contributed by atoms with Crippen LogP contribution >= 0.6 is 0 Å². The zero-order chi connectivity index (χ0) is 32.6. The van der Waals surface area contributed by atoms with Gasteiger partial charge in [0.05, 0.1) is 4.90 Å². The fourth-order valence-corrected chi connectivity index (χ4v) is 5.00. The minimum Gasteiger partial charge on any atom is -0.480 e. The molecule has 0 aliphatic carbocycles. The van der Waals surface area contributed by atoms with E-state index in [1.807, 2.05) is 25.9 Å². The molecule has 44 heavy (non-hydrogen) atoms. The fraction of sp³-hybridized carbons (Fsp3) is 0.414. The van der Waals surface area contributed by atoms with Crippen LogP contribution in [0.1, 0.15) is 17.5 Å². The van der Waals surface area contributed by atoms with Crippen molar-refractivity contribution in [1.29, 1.82) is 0 Å². The summed E-state index contributed by atoms with van der Waals surface area (Å²) < 4.78 is 33.1. The van der Waals surface area contributed by atoms with E-state index in [0.29, 0.717) is 17.9 Å². The molecule has 0 spiro atoms. The first kappa shape index (κ1) is 34.0. The van der Waals surface area contributed by atoms with Gasteiger partial charge in [0.2, 0.25) is 17.8 Å². The van der Waals surface area contributed by atoms with Crippen LogP contribution in [-0.2, 0) is 21.2 Å². The lowest BCUT2D eigenvalue weighted by Crippen LogP contribution is -2.34. The highest BCUT2D eigenvalue weighted by molar-refractivity contribution is 7.92. The second-order valence-electron chi connectivity index (χ2n) is 10.8. The van der Waals surface area contributed by atoms with Crippen molar-refractivity contribution < 1.29 is 27.9 Å². The molecule has 1 amide bonds. The van der Waals surface area contributed by atoms with E-state index >= 15 is 0 Å². The molecule has 0 bridgehead atoms. The van der Waals surface area contributed by atoms with Crippen LogP contribution in [0, 0.1) is 6.92 Å². The van der Waals surface area contributed by atoms with E-state index in [2.05, 4.69) is 20.3 Å². The van der Waals surface area contributed by atoms with Gasteiger partial charge in [0.15, 0.2) is 0 Å². The maximum atomic E-state index is 13.4. The third-order valence-corrected chi connectivity index (χ3v) is 8.30. The Morgan fingerprint density at radius 3 is 2.07 bits per heavy atom. The molecule has 0 aliphatic heterocycles. The van der Waals surface area contributed by atoms with Crippen molar-refractivity contribution in [2.24, 2.45) is 0 Å². The number of amides is 1. The second kappa shape index (κ2) is 14.8. The molecule has 2 N–H and O–H groups in total. The monoisotopic (exact) mass is 628 g/mol. The standard InChI is InChI=1S/C29H40N8O6S/c1-20-9-15-23(16-10-20)44(41,42)37(7)28-32-26(31-27(33-28)36(6)18-8-17-34(2)3)30-24(25(38)39)19-21-11-13-22(14-12-21)43-29(40)35(4)5/h9-16,24H,8,17-19H2,1-7H3,(H,38,39)(H,30,31,32,33)/t24-/m0/s1. The van der Waals surface area contributed by atoms with Crippen LogP contribution in [-0.4, -0.2) is 112 Å². The molecule has 3 aromatic rings. The summed E-state index contributed by atoms with van der Waals surface area (Å²) in [5.41, 5.74) is 1.55. The van der Waals surface area contributed by atoms with Gasteiger partial charge in [-0.2, -0.15) is 15.0 Å². The molecule has 1 aromatic heterocycles. The van der Waals surface area contributed by atoms with E-state index in [0.717, 1.165) is 22.8 Å². The number of hydrogen-bond acceptors (Lipinski definition) is 11. The number of aryl methyl sites for hydroxylation is 1. The Labute approximate surface area is 258 Å². The highest BCUT2D eigenvalue weighted by Gasteiger charge is 2.27. The quantitative estimate of drug-likeness (QED) is 0.269. The Morgan fingerprint density at radius 1 is 0.886 bits per heavy atom. The van der Waals surface area contributed by atoms with Gasteiger partial charge in [-0.1, -0.05) is 29.8 Å². The number of carboxylic acid groups (broad SMARTS) is 1. The minimum absolute atomic E-state index is 0.0315. The molecule has 0 saturated carbocycles. The van der Waals surface area contributed by atoms with Gasteiger partial charge in [-0.05, 0) is 63.8 Å². The third-order valence-electron chi connectivity index (χ3n) is 6.55. The van der Waals surface area contributed by atoms with Crippen LogP contribution in [0.4, 0.5) is 22.6 Å². The molecule has 14 nitrogen and oxygen atoms in total. The van der Waals surface area contributed by atoms with Crippen molar-refractivity contribution in [2.45, 2.75) is 30.7 Å². The number of ether oxygens (including phenoxy) is 1. The molecule has 0 unspecified atom stereocenters. The summed E-state index contributed by atoms with van der Waals surface area (Å²) in [5, 5.41) is 12.9. The maximum Gasteiger partial charge on any atom is 0.414 e.